The number of hydrogen-bond acceptors (Lipinski definition) is 2. The predicted molar refractivity (Wildman–Crippen MR) is 52.2 cm³/mol. The first kappa shape index (κ1) is 8.59. The first-order valence-electron chi connectivity index (χ1n) is 3.74. The lowest BCUT2D eigenvalue weighted by molar-refractivity contribution is 1.35. The summed E-state index contributed by atoms with van der Waals surface area (Å²) in [7, 11) is 1.67. The van der Waals surface area contributed by atoms with E-state index >= 15 is 0 Å². The van der Waals surface area contributed by atoms with E-state index in [0.29, 0.717) is 5.84 Å². The Hall–Kier alpha value is -1.51. The second kappa shape index (κ2) is 3.26. The average molecular weight is 163 g/mol. The monoisotopic (exact) mass is 163 g/mol. The van der Waals surface area contributed by atoms with Crippen molar-refractivity contribution in [1.29, 1.82) is 0 Å². The molecule has 0 fully saturated rings. The van der Waals surface area contributed by atoms with Crippen LogP contribution < -0.4 is 11.5 Å². The van der Waals surface area contributed by atoms with Crippen molar-refractivity contribution in [2.75, 3.05) is 12.8 Å². The molecule has 0 atom stereocenters. The second-order valence-corrected chi connectivity index (χ2v) is 2.68. The zero-order valence-corrected chi connectivity index (χ0v) is 7.33. The van der Waals surface area contributed by atoms with Crippen LogP contribution in [0.1, 0.15) is 11.1 Å². The van der Waals surface area contributed by atoms with Gasteiger partial charge in [0.15, 0.2) is 0 Å². The molecule has 1 aromatic carbocycles. The summed E-state index contributed by atoms with van der Waals surface area (Å²) in [5.41, 5.74) is 14.0. The first-order chi connectivity index (χ1) is 5.65. The molecule has 0 saturated heterocycles. The van der Waals surface area contributed by atoms with Gasteiger partial charge in [0.25, 0.3) is 0 Å². The van der Waals surface area contributed by atoms with Gasteiger partial charge in [-0.2, -0.15) is 0 Å². The van der Waals surface area contributed by atoms with E-state index in [1.807, 2.05) is 25.1 Å². The van der Waals surface area contributed by atoms with Crippen molar-refractivity contribution in [3.63, 3.8) is 0 Å². The molecule has 0 spiro atoms. The molecule has 64 valence electrons. The van der Waals surface area contributed by atoms with Crippen LogP contribution in [0.15, 0.2) is 23.2 Å². The van der Waals surface area contributed by atoms with Gasteiger partial charge in [-0.25, -0.2) is 0 Å². The highest BCUT2D eigenvalue weighted by Crippen LogP contribution is 2.11. The molecule has 0 bridgehead atoms. The number of aryl methyl sites for hydroxylation is 1. The molecule has 3 heteroatoms. The van der Waals surface area contributed by atoms with E-state index in [9.17, 15) is 0 Å². The van der Waals surface area contributed by atoms with E-state index in [4.69, 9.17) is 11.5 Å². The SMILES string of the molecule is CN=C(N)c1ccc(N)cc1C. The van der Waals surface area contributed by atoms with Crippen LogP contribution in [0.5, 0.6) is 0 Å². The number of nitrogens with two attached hydrogens (primary N) is 2. The van der Waals surface area contributed by atoms with Crippen molar-refractivity contribution in [2.24, 2.45) is 10.7 Å². The van der Waals surface area contributed by atoms with Crippen LogP contribution in [0, 0.1) is 6.92 Å². The Bertz CT molecular complexity index is 316. The van der Waals surface area contributed by atoms with E-state index in [2.05, 4.69) is 4.99 Å². The minimum absolute atomic E-state index is 0.549. The molecule has 0 aliphatic heterocycles. The third kappa shape index (κ3) is 1.56. The fourth-order valence-electron chi connectivity index (χ4n) is 1.09. The maximum atomic E-state index is 5.65. The van der Waals surface area contributed by atoms with Crippen LogP contribution in [-0.4, -0.2) is 12.9 Å². The number of anilines is 1. The molecule has 0 saturated carbocycles. The summed E-state index contributed by atoms with van der Waals surface area (Å²) < 4.78 is 0. The number of amidine groups is 1. The van der Waals surface area contributed by atoms with Crippen molar-refractivity contribution in [2.45, 2.75) is 6.92 Å². The lowest BCUT2D eigenvalue weighted by Crippen LogP contribution is -2.14. The predicted octanol–water partition coefficient (Wildman–Crippen LogP) is 0.912. The van der Waals surface area contributed by atoms with E-state index in [0.717, 1.165) is 16.8 Å². The van der Waals surface area contributed by atoms with Crippen LogP contribution >= 0.6 is 0 Å². The molecule has 0 aliphatic carbocycles. The molecule has 0 amide bonds. The number of benzene rings is 1. The van der Waals surface area contributed by atoms with E-state index in [1.165, 1.54) is 0 Å². The van der Waals surface area contributed by atoms with Crippen molar-refractivity contribution in [3.05, 3.63) is 29.3 Å². The molecular weight excluding hydrogens is 150 g/mol. The smallest absolute Gasteiger partial charge is 0.125 e. The summed E-state index contributed by atoms with van der Waals surface area (Å²) in [5, 5.41) is 0. The van der Waals surface area contributed by atoms with Gasteiger partial charge in [-0.1, -0.05) is 0 Å². The normalized spacial score (nSPS) is 11.7. The van der Waals surface area contributed by atoms with Crippen LogP contribution in [0.2, 0.25) is 0 Å². The van der Waals surface area contributed by atoms with Gasteiger partial charge in [0.05, 0.1) is 0 Å². The Morgan fingerprint density at radius 3 is 2.58 bits per heavy atom. The fraction of sp³-hybridized carbons (Fsp3) is 0.222. The zero-order valence-electron chi connectivity index (χ0n) is 7.33. The molecular formula is C9H13N3. The summed E-state index contributed by atoms with van der Waals surface area (Å²) >= 11 is 0. The highest BCUT2D eigenvalue weighted by atomic mass is 14.8. The standard InChI is InChI=1S/C9H13N3/c1-6-5-7(10)3-4-8(6)9(11)12-2/h3-5H,10H2,1-2H3,(H2,11,12). The summed E-state index contributed by atoms with van der Waals surface area (Å²) in [5.74, 6) is 0.549. The zero-order chi connectivity index (χ0) is 9.14. The quantitative estimate of drug-likeness (QED) is 0.367. The minimum atomic E-state index is 0.549. The van der Waals surface area contributed by atoms with Crippen LogP contribution in [0.3, 0.4) is 0 Å². The van der Waals surface area contributed by atoms with Crippen LogP contribution in [0.25, 0.3) is 0 Å². The molecule has 4 N–H and O–H groups in total. The maximum absolute atomic E-state index is 5.65. The number of nitrogens with zero attached hydrogens (tertiary/aromatic N) is 1. The highest BCUT2D eigenvalue weighted by Gasteiger charge is 2.00. The van der Waals surface area contributed by atoms with Gasteiger partial charge in [0, 0.05) is 18.3 Å². The lowest BCUT2D eigenvalue weighted by atomic mass is 10.1. The summed E-state index contributed by atoms with van der Waals surface area (Å²) in [6, 6.07) is 5.58. The Morgan fingerprint density at radius 2 is 2.08 bits per heavy atom. The number of aliphatic imine (C=N–C) groups is 1. The molecule has 0 radical (unpaired) electrons. The molecule has 12 heavy (non-hydrogen) atoms. The minimum Gasteiger partial charge on any atom is -0.399 e. The molecule has 0 aliphatic rings. The topological polar surface area (TPSA) is 64.4 Å². The number of hydrogen-bond donors (Lipinski definition) is 2. The lowest BCUT2D eigenvalue weighted by Gasteiger charge is -2.04. The highest BCUT2D eigenvalue weighted by molar-refractivity contribution is 5.98. The average Bonchev–Trinajstić information content (AvgIpc) is 2.03. The summed E-state index contributed by atoms with van der Waals surface area (Å²) in [4.78, 5) is 3.90. The van der Waals surface area contributed by atoms with E-state index < -0.39 is 0 Å². The van der Waals surface area contributed by atoms with Gasteiger partial charge in [0.1, 0.15) is 5.84 Å². The molecule has 0 aromatic heterocycles. The van der Waals surface area contributed by atoms with Crippen LogP contribution in [0.4, 0.5) is 5.69 Å². The molecule has 1 rings (SSSR count). The van der Waals surface area contributed by atoms with Crippen LogP contribution in [-0.2, 0) is 0 Å². The Kier molecular flexibility index (Phi) is 2.33. The summed E-state index contributed by atoms with van der Waals surface area (Å²) in [6.45, 7) is 1.96. The third-order valence-electron chi connectivity index (χ3n) is 1.77. The van der Waals surface area contributed by atoms with Gasteiger partial charge in [-0.05, 0) is 30.7 Å². The molecule has 0 unspecified atom stereocenters. The van der Waals surface area contributed by atoms with Crippen molar-refractivity contribution >= 4 is 11.5 Å². The van der Waals surface area contributed by atoms with Gasteiger partial charge in [-0.15, -0.1) is 0 Å². The van der Waals surface area contributed by atoms with Gasteiger partial charge >= 0.3 is 0 Å². The first-order valence-corrected chi connectivity index (χ1v) is 3.74. The second-order valence-electron chi connectivity index (χ2n) is 2.68. The van der Waals surface area contributed by atoms with Crippen molar-refractivity contribution in [3.8, 4) is 0 Å². The fourth-order valence-corrected chi connectivity index (χ4v) is 1.09. The molecule has 3 nitrogen and oxygen atoms in total. The number of nitrogen functional groups attached to an aromatic ring is 1. The Labute approximate surface area is 72.1 Å². The maximum Gasteiger partial charge on any atom is 0.125 e. The van der Waals surface area contributed by atoms with Gasteiger partial charge < -0.3 is 11.5 Å². The van der Waals surface area contributed by atoms with Crippen molar-refractivity contribution < 1.29 is 0 Å². The van der Waals surface area contributed by atoms with E-state index in [-0.39, 0.29) is 0 Å². The molecule has 1 aromatic rings. The Morgan fingerprint density at radius 1 is 1.42 bits per heavy atom. The van der Waals surface area contributed by atoms with Gasteiger partial charge in [0.2, 0.25) is 0 Å². The largest absolute Gasteiger partial charge is 0.399 e. The van der Waals surface area contributed by atoms with Gasteiger partial charge in [-0.3, -0.25) is 4.99 Å². The molecule has 0 heterocycles. The third-order valence-corrected chi connectivity index (χ3v) is 1.77. The number of rotatable bonds is 1. The van der Waals surface area contributed by atoms with Crippen molar-refractivity contribution in [1.82, 2.24) is 0 Å². The summed E-state index contributed by atoms with van der Waals surface area (Å²) in [6.07, 6.45) is 0. The Balaban J connectivity index is 3.18. The van der Waals surface area contributed by atoms with E-state index in [1.54, 1.807) is 7.05 Å².